The number of carbonyl (C=O) groups is 2. The van der Waals surface area contributed by atoms with Crippen LogP contribution >= 0.6 is 0 Å². The molecule has 2 N–H and O–H groups in total. The van der Waals surface area contributed by atoms with Gasteiger partial charge in [0.15, 0.2) is 0 Å². The smallest absolute Gasteiger partial charge is 0.316 e. The maximum atomic E-state index is 13.9. The van der Waals surface area contributed by atoms with E-state index in [0.717, 1.165) is 5.56 Å². The van der Waals surface area contributed by atoms with Crippen molar-refractivity contribution in [2.24, 2.45) is 0 Å². The number of urea groups is 1. The summed E-state index contributed by atoms with van der Waals surface area (Å²) >= 11 is 0. The van der Waals surface area contributed by atoms with Crippen molar-refractivity contribution in [1.29, 1.82) is 0 Å². The summed E-state index contributed by atoms with van der Waals surface area (Å²) in [7, 11) is 0. The largest absolute Gasteiger partial charge is 0.440 e. The van der Waals surface area contributed by atoms with Crippen LogP contribution in [0, 0.1) is 13.8 Å². The lowest BCUT2D eigenvalue weighted by molar-refractivity contribution is -0.188. The van der Waals surface area contributed by atoms with Crippen LogP contribution < -0.4 is 10.6 Å². The summed E-state index contributed by atoms with van der Waals surface area (Å²) in [6.07, 6.45) is -4.88. The Labute approximate surface area is 159 Å². The third-order valence-corrected chi connectivity index (χ3v) is 4.28. The summed E-state index contributed by atoms with van der Waals surface area (Å²) in [4.78, 5) is 33.2. The molecule has 1 unspecified atom stereocenters. The second-order valence-corrected chi connectivity index (χ2v) is 6.47. The minimum absolute atomic E-state index is 0.193. The summed E-state index contributed by atoms with van der Waals surface area (Å²) < 4.78 is 41.6. The first-order valence-corrected chi connectivity index (χ1v) is 8.47. The highest BCUT2D eigenvalue weighted by atomic mass is 19.4. The van der Waals surface area contributed by atoms with Gasteiger partial charge in [-0.05, 0) is 31.9 Å². The van der Waals surface area contributed by atoms with E-state index in [1.165, 1.54) is 0 Å². The molecule has 1 aliphatic heterocycles. The quantitative estimate of drug-likeness (QED) is 0.763. The second-order valence-electron chi connectivity index (χ2n) is 6.47. The standard InChI is InChI=1S/C18H18F3N5O2/c1-11-10-12(2)23-15(22-11)24-17(18(19,20)21)14(27)26(16(28)25-17)9-8-13-6-4-3-5-7-13/h3-7,10H,8-9H2,1-2H3,(H,25,28)(H,22,23,24). The highest BCUT2D eigenvalue weighted by molar-refractivity contribution is 6.08. The molecule has 1 saturated heterocycles. The van der Waals surface area contributed by atoms with E-state index < -0.39 is 29.7 Å². The average Bonchev–Trinajstić information content (AvgIpc) is 2.84. The number of amides is 3. The predicted molar refractivity (Wildman–Crippen MR) is 94.3 cm³/mol. The first-order valence-electron chi connectivity index (χ1n) is 8.47. The number of carbonyl (C=O) groups excluding carboxylic acids is 2. The molecule has 1 aromatic heterocycles. The number of aromatic nitrogens is 2. The first kappa shape index (κ1) is 19.6. The van der Waals surface area contributed by atoms with E-state index in [-0.39, 0.29) is 13.0 Å². The number of anilines is 1. The van der Waals surface area contributed by atoms with Crippen molar-refractivity contribution in [1.82, 2.24) is 20.2 Å². The SMILES string of the molecule is Cc1cc(C)nc(NC2(C(F)(F)F)NC(=O)N(CCc3ccccc3)C2=O)n1. The maximum absolute atomic E-state index is 13.9. The lowest BCUT2D eigenvalue weighted by Gasteiger charge is -2.30. The van der Waals surface area contributed by atoms with Crippen LogP contribution in [-0.4, -0.2) is 45.2 Å². The molecule has 3 rings (SSSR count). The lowest BCUT2D eigenvalue weighted by atomic mass is 10.1. The predicted octanol–water partition coefficient (Wildman–Crippen LogP) is 2.56. The molecule has 0 saturated carbocycles. The summed E-state index contributed by atoms with van der Waals surface area (Å²) in [5.41, 5.74) is -1.69. The van der Waals surface area contributed by atoms with E-state index >= 15 is 0 Å². The number of benzene rings is 1. The number of halogens is 3. The highest BCUT2D eigenvalue weighted by Gasteiger charge is 2.68. The van der Waals surface area contributed by atoms with E-state index in [9.17, 15) is 22.8 Å². The lowest BCUT2D eigenvalue weighted by Crippen LogP contribution is -2.64. The fraction of sp³-hybridized carbons (Fsp3) is 0.333. The fourth-order valence-electron chi connectivity index (χ4n) is 2.96. The Bertz CT molecular complexity index is 884. The zero-order valence-electron chi connectivity index (χ0n) is 15.2. The molecule has 0 spiro atoms. The van der Waals surface area contributed by atoms with Gasteiger partial charge in [0, 0.05) is 17.9 Å². The summed E-state index contributed by atoms with van der Waals surface area (Å²) in [6.45, 7) is 2.98. The monoisotopic (exact) mass is 393 g/mol. The molecule has 1 aromatic carbocycles. The molecule has 1 fully saturated rings. The molecule has 3 amide bonds. The molecule has 7 nitrogen and oxygen atoms in total. The number of hydrogen-bond donors (Lipinski definition) is 2. The number of alkyl halides is 3. The Hall–Kier alpha value is -3.17. The van der Waals surface area contributed by atoms with Gasteiger partial charge in [-0.15, -0.1) is 0 Å². The molecular formula is C18H18F3N5O2. The van der Waals surface area contributed by atoms with Crippen LogP contribution in [0.1, 0.15) is 17.0 Å². The van der Waals surface area contributed by atoms with Crippen LogP contribution in [0.25, 0.3) is 0 Å². The van der Waals surface area contributed by atoms with Gasteiger partial charge < -0.3 is 5.32 Å². The Morgan fingerprint density at radius 2 is 1.71 bits per heavy atom. The highest BCUT2D eigenvalue weighted by Crippen LogP contribution is 2.36. The first-order chi connectivity index (χ1) is 13.1. The number of nitrogens with zero attached hydrogens (tertiary/aromatic N) is 3. The molecule has 148 valence electrons. The van der Waals surface area contributed by atoms with Gasteiger partial charge in [-0.1, -0.05) is 30.3 Å². The Morgan fingerprint density at radius 3 is 2.29 bits per heavy atom. The Morgan fingerprint density at radius 1 is 1.11 bits per heavy atom. The van der Waals surface area contributed by atoms with Crippen molar-refractivity contribution in [3.05, 3.63) is 53.3 Å². The van der Waals surface area contributed by atoms with Crippen molar-refractivity contribution in [3.63, 3.8) is 0 Å². The van der Waals surface area contributed by atoms with Crippen LogP contribution in [0.3, 0.4) is 0 Å². The van der Waals surface area contributed by atoms with E-state index in [4.69, 9.17) is 0 Å². The van der Waals surface area contributed by atoms with Crippen LogP contribution in [0.2, 0.25) is 0 Å². The number of aryl methyl sites for hydroxylation is 2. The van der Waals surface area contributed by atoms with Crippen LogP contribution in [-0.2, 0) is 11.2 Å². The maximum Gasteiger partial charge on any atom is 0.440 e. The van der Waals surface area contributed by atoms with Gasteiger partial charge in [0.05, 0.1) is 0 Å². The Balaban J connectivity index is 1.88. The molecular weight excluding hydrogens is 375 g/mol. The van der Waals surface area contributed by atoms with Crippen molar-refractivity contribution >= 4 is 17.9 Å². The number of hydrogen-bond acceptors (Lipinski definition) is 5. The molecule has 10 heteroatoms. The fourth-order valence-corrected chi connectivity index (χ4v) is 2.96. The number of imide groups is 1. The molecule has 28 heavy (non-hydrogen) atoms. The van der Waals surface area contributed by atoms with Crippen molar-refractivity contribution in [3.8, 4) is 0 Å². The average molecular weight is 393 g/mol. The van der Waals surface area contributed by atoms with E-state index in [0.29, 0.717) is 16.3 Å². The molecule has 2 heterocycles. The molecule has 0 aliphatic carbocycles. The van der Waals surface area contributed by atoms with Gasteiger partial charge >= 0.3 is 12.2 Å². The topological polar surface area (TPSA) is 87.2 Å². The van der Waals surface area contributed by atoms with Gasteiger partial charge in [0.1, 0.15) is 0 Å². The van der Waals surface area contributed by atoms with Crippen LogP contribution in [0.4, 0.5) is 23.9 Å². The number of rotatable bonds is 5. The van der Waals surface area contributed by atoms with Crippen molar-refractivity contribution in [2.45, 2.75) is 32.1 Å². The summed E-state index contributed by atoms with van der Waals surface area (Å²) in [6, 6.07) is 9.29. The minimum atomic E-state index is -5.11. The van der Waals surface area contributed by atoms with Gasteiger partial charge in [-0.3, -0.25) is 15.0 Å². The van der Waals surface area contributed by atoms with E-state index in [2.05, 4.69) is 9.97 Å². The van der Waals surface area contributed by atoms with Gasteiger partial charge in [-0.25, -0.2) is 14.8 Å². The number of nitrogens with one attached hydrogen (secondary N) is 2. The summed E-state index contributed by atoms with van der Waals surface area (Å²) in [5, 5.41) is 3.77. The van der Waals surface area contributed by atoms with E-state index in [1.54, 1.807) is 55.6 Å². The van der Waals surface area contributed by atoms with Crippen LogP contribution in [0.15, 0.2) is 36.4 Å². The third-order valence-electron chi connectivity index (χ3n) is 4.28. The van der Waals surface area contributed by atoms with Crippen molar-refractivity contribution < 1.29 is 22.8 Å². The normalized spacial score (nSPS) is 19.7. The Kier molecular flexibility index (Phi) is 4.97. The molecule has 1 atom stereocenters. The third kappa shape index (κ3) is 3.62. The van der Waals surface area contributed by atoms with Crippen LogP contribution in [0.5, 0.6) is 0 Å². The van der Waals surface area contributed by atoms with E-state index in [1.807, 2.05) is 5.32 Å². The molecule has 1 aliphatic rings. The van der Waals surface area contributed by atoms with Crippen molar-refractivity contribution in [2.75, 3.05) is 11.9 Å². The molecule has 2 aromatic rings. The molecule has 0 bridgehead atoms. The van der Waals surface area contributed by atoms with Gasteiger partial charge in [-0.2, -0.15) is 13.2 Å². The second kappa shape index (κ2) is 7.10. The minimum Gasteiger partial charge on any atom is -0.316 e. The zero-order valence-corrected chi connectivity index (χ0v) is 15.2. The molecule has 0 radical (unpaired) electrons. The summed E-state index contributed by atoms with van der Waals surface area (Å²) in [5.74, 6) is -1.84. The van der Waals surface area contributed by atoms with Gasteiger partial charge in [0.25, 0.3) is 11.6 Å². The van der Waals surface area contributed by atoms with Gasteiger partial charge in [0.2, 0.25) is 5.95 Å². The zero-order chi connectivity index (χ0) is 20.5.